The minimum Gasteiger partial charge on any atom is -0.427 e. The van der Waals surface area contributed by atoms with Crippen LogP contribution in [0.4, 0.5) is 0 Å². The van der Waals surface area contributed by atoms with Crippen molar-refractivity contribution in [2.24, 2.45) is 0 Å². The van der Waals surface area contributed by atoms with Gasteiger partial charge >= 0.3 is 8.60 Å². The van der Waals surface area contributed by atoms with Crippen LogP contribution >= 0.6 is 8.60 Å². The minimum absolute atomic E-state index is 0.124. The summed E-state index contributed by atoms with van der Waals surface area (Å²) in [6.07, 6.45) is 0.247. The van der Waals surface area contributed by atoms with E-state index < -0.39 is 8.60 Å². The fourth-order valence-electron chi connectivity index (χ4n) is 2.85. The quantitative estimate of drug-likeness (QED) is 0.807. The van der Waals surface area contributed by atoms with Crippen LogP contribution in [0.15, 0.2) is 60.7 Å². The number of hydrogen-bond acceptors (Lipinski definition) is 4. The highest BCUT2D eigenvalue weighted by Gasteiger charge is 2.45. The molecule has 22 heavy (non-hydrogen) atoms. The van der Waals surface area contributed by atoms with Crippen molar-refractivity contribution >= 4 is 8.60 Å². The van der Waals surface area contributed by atoms with Gasteiger partial charge in [0.15, 0.2) is 0 Å². The molecule has 2 saturated heterocycles. The molecule has 2 atom stereocenters. The van der Waals surface area contributed by atoms with Crippen LogP contribution in [-0.2, 0) is 15.6 Å². The maximum absolute atomic E-state index is 5.94. The third kappa shape index (κ3) is 3.16. The maximum atomic E-state index is 5.94. The van der Waals surface area contributed by atoms with Crippen LogP contribution < -0.4 is 4.52 Å². The SMILES string of the molecule is c1ccc(CN2C[C@@H]3OP(Oc4ccccc4)O[C@H]3C2)cc1. The van der Waals surface area contributed by atoms with Gasteiger partial charge in [0.25, 0.3) is 0 Å². The fourth-order valence-corrected chi connectivity index (χ4v) is 4.12. The number of nitrogens with zero attached hydrogens (tertiary/aromatic N) is 1. The van der Waals surface area contributed by atoms with Crippen LogP contribution in [0.3, 0.4) is 0 Å². The molecule has 114 valence electrons. The Morgan fingerprint density at radius 1 is 0.909 bits per heavy atom. The number of rotatable bonds is 4. The zero-order chi connectivity index (χ0) is 14.8. The van der Waals surface area contributed by atoms with Crippen molar-refractivity contribution in [3.63, 3.8) is 0 Å². The number of benzene rings is 2. The molecular weight excluding hydrogens is 297 g/mol. The summed E-state index contributed by atoms with van der Waals surface area (Å²) in [5, 5.41) is 0. The molecule has 0 N–H and O–H groups in total. The van der Waals surface area contributed by atoms with Crippen LogP contribution in [0, 0.1) is 0 Å². The minimum atomic E-state index is -1.26. The molecule has 0 saturated carbocycles. The van der Waals surface area contributed by atoms with Gasteiger partial charge in [-0.25, -0.2) is 0 Å². The van der Waals surface area contributed by atoms with E-state index in [1.54, 1.807) is 0 Å². The normalized spacial score (nSPS) is 25.3. The Morgan fingerprint density at radius 2 is 1.50 bits per heavy atom. The summed E-state index contributed by atoms with van der Waals surface area (Å²) >= 11 is 0. The molecule has 0 aromatic heterocycles. The molecule has 0 radical (unpaired) electrons. The van der Waals surface area contributed by atoms with E-state index in [1.165, 1.54) is 5.56 Å². The number of fused-ring (bicyclic) bond motifs is 1. The van der Waals surface area contributed by atoms with E-state index in [9.17, 15) is 0 Å². The Bertz CT molecular complexity index is 542. The van der Waals surface area contributed by atoms with E-state index >= 15 is 0 Å². The van der Waals surface area contributed by atoms with Crippen LogP contribution in [0.1, 0.15) is 5.56 Å². The summed E-state index contributed by atoms with van der Waals surface area (Å²) in [7, 11) is -1.26. The average Bonchev–Trinajstić information content (AvgIpc) is 3.07. The van der Waals surface area contributed by atoms with Crippen molar-refractivity contribution in [1.29, 1.82) is 0 Å². The lowest BCUT2D eigenvalue weighted by Crippen LogP contribution is -2.22. The molecule has 4 nitrogen and oxygen atoms in total. The average molecular weight is 315 g/mol. The van der Waals surface area contributed by atoms with Crippen molar-refractivity contribution in [2.45, 2.75) is 18.8 Å². The van der Waals surface area contributed by atoms with E-state index in [1.807, 2.05) is 36.4 Å². The van der Waals surface area contributed by atoms with Crippen LogP contribution in [0.5, 0.6) is 5.75 Å². The third-order valence-corrected chi connectivity index (χ3v) is 5.15. The molecule has 0 unspecified atom stereocenters. The molecule has 0 amide bonds. The summed E-state index contributed by atoms with van der Waals surface area (Å²) in [5.74, 6) is 0.801. The molecule has 5 heteroatoms. The van der Waals surface area contributed by atoms with Gasteiger partial charge < -0.3 is 4.52 Å². The van der Waals surface area contributed by atoms with Gasteiger partial charge in [-0.3, -0.25) is 13.9 Å². The summed E-state index contributed by atoms with van der Waals surface area (Å²) in [6, 6.07) is 20.2. The summed E-state index contributed by atoms with van der Waals surface area (Å²) in [6.45, 7) is 2.74. The molecule has 0 bridgehead atoms. The number of para-hydroxylation sites is 1. The molecule has 2 aliphatic rings. The fraction of sp³-hybridized carbons (Fsp3) is 0.294. The summed E-state index contributed by atoms with van der Waals surface area (Å²) < 4.78 is 17.6. The van der Waals surface area contributed by atoms with Crippen LogP contribution in [0.25, 0.3) is 0 Å². The molecule has 2 aromatic carbocycles. The highest BCUT2D eigenvalue weighted by atomic mass is 31.2. The zero-order valence-corrected chi connectivity index (χ0v) is 13.1. The van der Waals surface area contributed by atoms with Gasteiger partial charge in [-0.1, -0.05) is 48.5 Å². The van der Waals surface area contributed by atoms with Crippen molar-refractivity contribution in [2.75, 3.05) is 13.1 Å². The first kappa shape index (κ1) is 14.2. The predicted octanol–water partition coefficient (Wildman–Crippen LogP) is 3.59. The first-order valence-corrected chi connectivity index (χ1v) is 8.59. The molecule has 2 fully saturated rings. The first-order valence-electron chi connectivity index (χ1n) is 7.50. The Labute approximate surface area is 131 Å². The van der Waals surface area contributed by atoms with Gasteiger partial charge in [0.05, 0.1) is 0 Å². The third-order valence-electron chi connectivity index (χ3n) is 3.91. The summed E-state index contributed by atoms with van der Waals surface area (Å²) in [4.78, 5) is 2.37. The second-order valence-electron chi connectivity index (χ2n) is 5.60. The molecule has 2 aromatic rings. The molecule has 4 rings (SSSR count). The van der Waals surface area contributed by atoms with Gasteiger partial charge in [-0.15, -0.1) is 0 Å². The van der Waals surface area contributed by atoms with Crippen molar-refractivity contribution in [3.05, 3.63) is 66.2 Å². The van der Waals surface area contributed by atoms with Gasteiger partial charge in [0.1, 0.15) is 18.0 Å². The van der Waals surface area contributed by atoms with E-state index in [0.29, 0.717) is 0 Å². The van der Waals surface area contributed by atoms with Crippen LogP contribution in [-0.4, -0.2) is 30.2 Å². The zero-order valence-electron chi connectivity index (χ0n) is 12.2. The molecule has 0 aliphatic carbocycles. The Kier molecular flexibility index (Phi) is 4.09. The van der Waals surface area contributed by atoms with E-state index in [-0.39, 0.29) is 12.2 Å². The number of likely N-dealkylation sites (tertiary alicyclic amines) is 1. The lowest BCUT2D eigenvalue weighted by Gasteiger charge is -2.18. The second-order valence-corrected chi connectivity index (χ2v) is 6.65. The van der Waals surface area contributed by atoms with Gasteiger partial charge in [-0.05, 0) is 17.7 Å². The Morgan fingerprint density at radius 3 is 2.14 bits per heavy atom. The van der Waals surface area contributed by atoms with Gasteiger partial charge in [0, 0.05) is 19.6 Å². The highest BCUT2D eigenvalue weighted by Crippen LogP contribution is 2.51. The highest BCUT2D eigenvalue weighted by molar-refractivity contribution is 7.42. The molecule has 2 aliphatic heterocycles. The topological polar surface area (TPSA) is 30.9 Å². The molecule has 0 spiro atoms. The van der Waals surface area contributed by atoms with Gasteiger partial charge in [0.2, 0.25) is 0 Å². The van der Waals surface area contributed by atoms with Gasteiger partial charge in [-0.2, -0.15) is 0 Å². The van der Waals surface area contributed by atoms with E-state index in [2.05, 4.69) is 29.2 Å². The Hall–Kier alpha value is -1.45. The van der Waals surface area contributed by atoms with Crippen molar-refractivity contribution in [1.82, 2.24) is 4.90 Å². The second kappa shape index (κ2) is 6.35. The van der Waals surface area contributed by atoms with E-state index in [0.717, 1.165) is 25.4 Å². The molecule has 2 heterocycles. The maximum Gasteiger partial charge on any atom is 0.398 e. The van der Waals surface area contributed by atoms with Crippen molar-refractivity contribution in [3.8, 4) is 5.75 Å². The smallest absolute Gasteiger partial charge is 0.398 e. The lowest BCUT2D eigenvalue weighted by molar-refractivity contribution is 0.205. The lowest BCUT2D eigenvalue weighted by atomic mass is 10.2. The molecular formula is C17H18NO3P. The predicted molar refractivity (Wildman–Crippen MR) is 85.5 cm³/mol. The Balaban J connectivity index is 1.31. The standard InChI is InChI=1S/C17H18NO3P/c1-3-7-14(8-4-1)11-18-12-16-17(13-18)21-22(20-16)19-15-9-5-2-6-10-15/h1-10,16-17H,11-13H2/t16-,17-/m0/s1. The monoisotopic (exact) mass is 315 g/mol. The first-order chi connectivity index (χ1) is 10.9. The number of hydrogen-bond donors (Lipinski definition) is 0. The summed E-state index contributed by atoms with van der Waals surface area (Å²) in [5.41, 5.74) is 1.32. The van der Waals surface area contributed by atoms with Crippen LogP contribution in [0.2, 0.25) is 0 Å². The van der Waals surface area contributed by atoms with Crippen molar-refractivity contribution < 1.29 is 13.6 Å². The van der Waals surface area contributed by atoms with E-state index in [4.69, 9.17) is 13.6 Å². The largest absolute Gasteiger partial charge is 0.427 e.